The van der Waals surface area contributed by atoms with Gasteiger partial charge < -0.3 is 10.6 Å². The van der Waals surface area contributed by atoms with E-state index in [1.807, 2.05) is 42.6 Å². The molecule has 0 bridgehead atoms. The SMILES string of the molecule is Cc1ccc(-c2ccsc2C(=O)NCCNC(=O)c2ccccc2F)cc1. The molecule has 0 aliphatic carbocycles. The summed E-state index contributed by atoms with van der Waals surface area (Å²) < 4.78 is 13.6. The third-order valence-electron chi connectivity index (χ3n) is 4.05. The molecule has 0 aliphatic rings. The van der Waals surface area contributed by atoms with Crippen LogP contribution in [-0.2, 0) is 0 Å². The maximum absolute atomic E-state index is 13.6. The summed E-state index contributed by atoms with van der Waals surface area (Å²) in [7, 11) is 0. The quantitative estimate of drug-likeness (QED) is 0.633. The predicted octanol–water partition coefficient (Wildman–Crippen LogP) is 4.02. The Morgan fingerprint density at radius 3 is 2.30 bits per heavy atom. The van der Waals surface area contributed by atoms with Gasteiger partial charge in [0.25, 0.3) is 11.8 Å². The summed E-state index contributed by atoms with van der Waals surface area (Å²) in [6, 6.07) is 15.7. The molecule has 0 spiro atoms. The molecular weight excluding hydrogens is 363 g/mol. The maximum Gasteiger partial charge on any atom is 0.262 e. The summed E-state index contributed by atoms with van der Waals surface area (Å²) in [5.74, 6) is -1.26. The standard InChI is InChI=1S/C21H19FN2O2S/c1-14-6-8-15(9-7-14)16-10-13-27-19(16)21(26)24-12-11-23-20(25)17-4-2-3-5-18(17)22/h2-10,13H,11-12H2,1H3,(H,23,25)(H,24,26). The Kier molecular flexibility index (Phi) is 5.98. The Labute approximate surface area is 161 Å². The lowest BCUT2D eigenvalue weighted by atomic mass is 10.0. The molecule has 0 fully saturated rings. The molecule has 2 N–H and O–H groups in total. The highest BCUT2D eigenvalue weighted by atomic mass is 32.1. The van der Waals surface area contributed by atoms with Gasteiger partial charge in [0.15, 0.2) is 0 Å². The molecule has 2 aromatic carbocycles. The summed E-state index contributed by atoms with van der Waals surface area (Å²) in [5.41, 5.74) is 3.02. The number of halogens is 1. The van der Waals surface area contributed by atoms with Crippen molar-refractivity contribution in [2.24, 2.45) is 0 Å². The van der Waals surface area contributed by atoms with E-state index in [1.54, 1.807) is 6.07 Å². The minimum atomic E-state index is -0.569. The van der Waals surface area contributed by atoms with Gasteiger partial charge in [-0.1, -0.05) is 42.0 Å². The minimum absolute atomic E-state index is 0.0104. The number of amides is 2. The minimum Gasteiger partial charge on any atom is -0.350 e. The van der Waals surface area contributed by atoms with Crippen molar-refractivity contribution in [2.45, 2.75) is 6.92 Å². The lowest BCUT2D eigenvalue weighted by molar-refractivity contribution is 0.0927. The van der Waals surface area contributed by atoms with Crippen molar-refractivity contribution < 1.29 is 14.0 Å². The molecule has 0 radical (unpaired) electrons. The summed E-state index contributed by atoms with van der Waals surface area (Å²) >= 11 is 1.37. The van der Waals surface area contributed by atoms with E-state index in [0.29, 0.717) is 4.88 Å². The topological polar surface area (TPSA) is 58.2 Å². The van der Waals surface area contributed by atoms with Crippen LogP contribution in [0.5, 0.6) is 0 Å². The van der Waals surface area contributed by atoms with E-state index in [2.05, 4.69) is 10.6 Å². The molecule has 138 valence electrons. The maximum atomic E-state index is 13.6. The van der Waals surface area contributed by atoms with Gasteiger partial charge in [0.1, 0.15) is 5.82 Å². The van der Waals surface area contributed by atoms with Crippen molar-refractivity contribution in [1.29, 1.82) is 0 Å². The molecule has 4 nitrogen and oxygen atoms in total. The van der Waals surface area contributed by atoms with E-state index < -0.39 is 11.7 Å². The molecule has 3 rings (SSSR count). The van der Waals surface area contributed by atoms with E-state index >= 15 is 0 Å². The average molecular weight is 382 g/mol. The van der Waals surface area contributed by atoms with Crippen molar-refractivity contribution in [3.05, 3.63) is 81.8 Å². The molecule has 6 heteroatoms. The zero-order valence-corrected chi connectivity index (χ0v) is 15.6. The van der Waals surface area contributed by atoms with Gasteiger partial charge in [-0.15, -0.1) is 11.3 Å². The van der Waals surface area contributed by atoms with Crippen LogP contribution in [0.1, 0.15) is 25.6 Å². The van der Waals surface area contributed by atoms with Gasteiger partial charge in [0.05, 0.1) is 10.4 Å². The normalized spacial score (nSPS) is 10.4. The van der Waals surface area contributed by atoms with Crippen molar-refractivity contribution in [3.8, 4) is 11.1 Å². The first-order valence-corrected chi connectivity index (χ1v) is 9.39. The third-order valence-corrected chi connectivity index (χ3v) is 4.96. The number of hydrogen-bond acceptors (Lipinski definition) is 3. The number of rotatable bonds is 6. The highest BCUT2D eigenvalue weighted by Crippen LogP contribution is 2.28. The number of carbonyl (C=O) groups is 2. The first kappa shape index (κ1) is 18.8. The summed E-state index contributed by atoms with van der Waals surface area (Å²) in [6.45, 7) is 2.48. The van der Waals surface area contributed by atoms with Crippen LogP contribution in [0, 0.1) is 12.7 Å². The monoisotopic (exact) mass is 382 g/mol. The Balaban J connectivity index is 1.55. The van der Waals surface area contributed by atoms with Crippen LogP contribution in [0.2, 0.25) is 0 Å². The molecule has 0 atom stereocenters. The summed E-state index contributed by atoms with van der Waals surface area (Å²) in [5, 5.41) is 7.27. The molecule has 0 saturated heterocycles. The number of hydrogen-bond donors (Lipinski definition) is 2. The number of nitrogens with one attached hydrogen (secondary N) is 2. The van der Waals surface area contributed by atoms with Crippen LogP contribution in [0.4, 0.5) is 4.39 Å². The van der Waals surface area contributed by atoms with Gasteiger partial charge in [-0.05, 0) is 36.1 Å². The van der Waals surface area contributed by atoms with Gasteiger partial charge in [-0.3, -0.25) is 9.59 Å². The lowest BCUT2D eigenvalue weighted by Crippen LogP contribution is -2.34. The zero-order chi connectivity index (χ0) is 19.2. The fraction of sp³-hybridized carbons (Fsp3) is 0.143. The van der Waals surface area contributed by atoms with Crippen molar-refractivity contribution in [3.63, 3.8) is 0 Å². The van der Waals surface area contributed by atoms with Crippen molar-refractivity contribution in [1.82, 2.24) is 10.6 Å². The van der Waals surface area contributed by atoms with Gasteiger partial charge in [-0.25, -0.2) is 4.39 Å². The molecule has 2 amide bonds. The van der Waals surface area contributed by atoms with Crippen LogP contribution in [0.3, 0.4) is 0 Å². The second-order valence-electron chi connectivity index (χ2n) is 6.02. The molecule has 3 aromatic rings. The van der Waals surface area contributed by atoms with Crippen molar-refractivity contribution in [2.75, 3.05) is 13.1 Å². The van der Waals surface area contributed by atoms with Gasteiger partial charge in [0, 0.05) is 18.7 Å². The highest BCUT2D eigenvalue weighted by molar-refractivity contribution is 7.12. The average Bonchev–Trinajstić information content (AvgIpc) is 3.16. The van der Waals surface area contributed by atoms with E-state index in [9.17, 15) is 14.0 Å². The number of aryl methyl sites for hydroxylation is 1. The zero-order valence-electron chi connectivity index (χ0n) is 14.8. The molecule has 1 heterocycles. The van der Waals surface area contributed by atoms with Crippen LogP contribution in [-0.4, -0.2) is 24.9 Å². The van der Waals surface area contributed by atoms with Gasteiger partial charge >= 0.3 is 0 Å². The second kappa shape index (κ2) is 8.60. The summed E-state index contributed by atoms with van der Waals surface area (Å²) in [6.07, 6.45) is 0. The summed E-state index contributed by atoms with van der Waals surface area (Å²) in [4.78, 5) is 25.0. The van der Waals surface area contributed by atoms with Crippen LogP contribution in [0.25, 0.3) is 11.1 Å². The number of benzene rings is 2. The number of thiophene rings is 1. The van der Waals surface area contributed by atoms with Gasteiger partial charge in [0.2, 0.25) is 0 Å². The van der Waals surface area contributed by atoms with Gasteiger partial charge in [-0.2, -0.15) is 0 Å². The molecular formula is C21H19FN2O2S. The highest BCUT2D eigenvalue weighted by Gasteiger charge is 2.15. The smallest absolute Gasteiger partial charge is 0.262 e. The molecule has 27 heavy (non-hydrogen) atoms. The van der Waals surface area contributed by atoms with Crippen LogP contribution in [0.15, 0.2) is 60.0 Å². The Morgan fingerprint density at radius 2 is 1.59 bits per heavy atom. The lowest BCUT2D eigenvalue weighted by Gasteiger charge is -2.08. The predicted molar refractivity (Wildman–Crippen MR) is 106 cm³/mol. The Hall–Kier alpha value is -2.99. The fourth-order valence-electron chi connectivity index (χ4n) is 2.62. The van der Waals surface area contributed by atoms with E-state index in [-0.39, 0.29) is 24.6 Å². The van der Waals surface area contributed by atoms with Crippen LogP contribution < -0.4 is 10.6 Å². The molecule has 0 aliphatic heterocycles. The third kappa shape index (κ3) is 4.60. The largest absolute Gasteiger partial charge is 0.350 e. The fourth-order valence-corrected chi connectivity index (χ4v) is 3.45. The first-order chi connectivity index (χ1) is 13.1. The molecule has 1 aromatic heterocycles. The van der Waals surface area contributed by atoms with Crippen molar-refractivity contribution >= 4 is 23.2 Å². The molecule has 0 unspecified atom stereocenters. The number of carbonyl (C=O) groups excluding carboxylic acids is 2. The first-order valence-electron chi connectivity index (χ1n) is 8.51. The van der Waals surface area contributed by atoms with E-state index in [4.69, 9.17) is 0 Å². The van der Waals surface area contributed by atoms with Crippen LogP contribution >= 0.6 is 11.3 Å². The van der Waals surface area contributed by atoms with E-state index in [1.165, 1.54) is 29.5 Å². The van der Waals surface area contributed by atoms with E-state index in [0.717, 1.165) is 16.7 Å². The Morgan fingerprint density at radius 1 is 0.926 bits per heavy atom. The Bertz CT molecular complexity index is 951. The second-order valence-corrected chi connectivity index (χ2v) is 6.94. The molecule has 0 saturated carbocycles.